The Kier molecular flexibility index (Phi) is 6.88. The predicted molar refractivity (Wildman–Crippen MR) is 122 cm³/mol. The molecule has 0 unspecified atom stereocenters. The fourth-order valence-electron chi connectivity index (χ4n) is 4.50. The van der Waals surface area contributed by atoms with Crippen LogP contribution in [0.25, 0.3) is 0 Å². The highest BCUT2D eigenvalue weighted by molar-refractivity contribution is 5.98. The monoisotopic (exact) mass is 434 g/mol. The van der Waals surface area contributed by atoms with Crippen molar-refractivity contribution in [2.45, 2.75) is 38.5 Å². The van der Waals surface area contributed by atoms with Crippen molar-refractivity contribution in [3.63, 3.8) is 0 Å². The second-order valence-electron chi connectivity index (χ2n) is 8.52. The van der Waals surface area contributed by atoms with E-state index in [1.165, 1.54) is 24.0 Å². The molecule has 1 saturated heterocycles. The van der Waals surface area contributed by atoms with E-state index in [1.54, 1.807) is 41.2 Å². The number of Topliss-reactive ketones (excluding diaryl/α,β-unsaturated/α-hetero) is 1. The molecule has 1 aliphatic carbocycles. The summed E-state index contributed by atoms with van der Waals surface area (Å²) in [4.78, 5) is 41.5. The van der Waals surface area contributed by atoms with Gasteiger partial charge in [0.1, 0.15) is 5.75 Å². The van der Waals surface area contributed by atoms with Crippen LogP contribution in [0, 0.1) is 0 Å². The number of ketones is 1. The van der Waals surface area contributed by atoms with E-state index in [4.69, 9.17) is 4.74 Å². The molecule has 1 aliphatic heterocycles. The van der Waals surface area contributed by atoms with Gasteiger partial charge >= 0.3 is 0 Å². The van der Waals surface area contributed by atoms with Gasteiger partial charge in [-0.2, -0.15) is 0 Å². The molecular formula is C26H30N2O4. The van der Waals surface area contributed by atoms with E-state index in [0.29, 0.717) is 43.1 Å². The number of carbonyl (C=O) groups is 3. The summed E-state index contributed by atoms with van der Waals surface area (Å²) in [5, 5.41) is 0. The molecule has 168 valence electrons. The van der Waals surface area contributed by atoms with Gasteiger partial charge in [0.25, 0.3) is 5.91 Å². The molecule has 0 atom stereocenters. The summed E-state index contributed by atoms with van der Waals surface area (Å²) in [5.41, 5.74) is 3.96. The lowest BCUT2D eigenvalue weighted by molar-refractivity contribution is -0.132. The first-order valence-corrected chi connectivity index (χ1v) is 11.4. The summed E-state index contributed by atoms with van der Waals surface area (Å²) in [6.07, 6.45) is 4.96. The number of ether oxygens (including phenoxy) is 1. The van der Waals surface area contributed by atoms with Crippen molar-refractivity contribution in [2.75, 3.05) is 33.3 Å². The van der Waals surface area contributed by atoms with E-state index in [1.807, 2.05) is 12.1 Å². The van der Waals surface area contributed by atoms with Gasteiger partial charge < -0.3 is 14.5 Å². The van der Waals surface area contributed by atoms with Crippen LogP contribution in [-0.2, 0) is 17.6 Å². The van der Waals surface area contributed by atoms with E-state index < -0.39 is 0 Å². The highest BCUT2D eigenvalue weighted by Crippen LogP contribution is 2.23. The first-order valence-electron chi connectivity index (χ1n) is 11.4. The van der Waals surface area contributed by atoms with Crippen LogP contribution < -0.4 is 4.74 Å². The van der Waals surface area contributed by atoms with Crippen LogP contribution in [0.15, 0.2) is 42.5 Å². The standard InChI is InChI=1S/C26H30N2O4/c1-32-23-10-8-20(9-11-23)26(31)28-16-14-27(15-17-28)25(30)13-12-24(29)22-7-6-19-4-2-3-5-21(19)18-22/h6-11,18H,2-5,12-17H2,1H3. The summed E-state index contributed by atoms with van der Waals surface area (Å²) in [6, 6.07) is 13.0. The lowest BCUT2D eigenvalue weighted by Crippen LogP contribution is -2.50. The number of piperazine rings is 1. The fraction of sp³-hybridized carbons (Fsp3) is 0.423. The number of hydrogen-bond acceptors (Lipinski definition) is 4. The van der Waals surface area contributed by atoms with Crippen molar-refractivity contribution in [1.29, 1.82) is 0 Å². The maximum atomic E-state index is 12.7. The van der Waals surface area contributed by atoms with Gasteiger partial charge in [-0.05, 0) is 67.1 Å². The van der Waals surface area contributed by atoms with E-state index in [9.17, 15) is 14.4 Å². The molecule has 0 spiro atoms. The summed E-state index contributed by atoms with van der Waals surface area (Å²) < 4.78 is 5.13. The Morgan fingerprint density at radius 2 is 1.41 bits per heavy atom. The summed E-state index contributed by atoms with van der Waals surface area (Å²) >= 11 is 0. The van der Waals surface area contributed by atoms with Gasteiger partial charge in [0.15, 0.2) is 5.78 Å². The number of methoxy groups -OCH3 is 1. The zero-order valence-corrected chi connectivity index (χ0v) is 18.6. The van der Waals surface area contributed by atoms with Gasteiger partial charge in [-0.3, -0.25) is 14.4 Å². The Hall–Kier alpha value is -3.15. The molecule has 32 heavy (non-hydrogen) atoms. The molecule has 0 bridgehead atoms. The lowest BCUT2D eigenvalue weighted by Gasteiger charge is -2.35. The van der Waals surface area contributed by atoms with E-state index in [2.05, 4.69) is 6.07 Å². The maximum Gasteiger partial charge on any atom is 0.253 e. The largest absolute Gasteiger partial charge is 0.497 e. The van der Waals surface area contributed by atoms with Crippen LogP contribution in [0.1, 0.15) is 57.5 Å². The number of aryl methyl sites for hydroxylation is 2. The molecule has 0 radical (unpaired) electrons. The summed E-state index contributed by atoms with van der Waals surface area (Å²) in [7, 11) is 1.59. The van der Waals surface area contributed by atoms with Gasteiger partial charge in [0, 0.05) is 50.1 Å². The third-order valence-corrected chi connectivity index (χ3v) is 6.49. The second kappa shape index (κ2) is 9.98. The maximum absolute atomic E-state index is 12.7. The zero-order valence-electron chi connectivity index (χ0n) is 18.6. The van der Waals surface area contributed by atoms with Gasteiger partial charge in [-0.15, -0.1) is 0 Å². The van der Waals surface area contributed by atoms with Crippen molar-refractivity contribution >= 4 is 17.6 Å². The minimum atomic E-state index is -0.0395. The number of benzene rings is 2. The van der Waals surface area contributed by atoms with Crippen LogP contribution in [0.3, 0.4) is 0 Å². The molecule has 2 aromatic carbocycles. The van der Waals surface area contributed by atoms with Crippen LogP contribution in [-0.4, -0.2) is 60.7 Å². The minimum absolute atomic E-state index is 0.0205. The van der Waals surface area contributed by atoms with Gasteiger partial charge in [-0.1, -0.05) is 12.1 Å². The lowest BCUT2D eigenvalue weighted by atomic mass is 9.89. The van der Waals surface area contributed by atoms with E-state index in [-0.39, 0.29) is 30.4 Å². The number of amides is 2. The van der Waals surface area contributed by atoms with E-state index >= 15 is 0 Å². The van der Waals surface area contributed by atoms with E-state index in [0.717, 1.165) is 12.8 Å². The molecule has 0 aromatic heterocycles. The summed E-state index contributed by atoms with van der Waals surface area (Å²) in [6.45, 7) is 1.98. The molecule has 2 amide bonds. The van der Waals surface area contributed by atoms with Crippen molar-refractivity contribution in [2.24, 2.45) is 0 Å². The third kappa shape index (κ3) is 5.01. The average molecular weight is 435 g/mol. The SMILES string of the molecule is COc1ccc(C(=O)N2CCN(C(=O)CCC(=O)c3ccc4c(c3)CCCC4)CC2)cc1. The highest BCUT2D eigenvalue weighted by Gasteiger charge is 2.25. The number of rotatable bonds is 6. The average Bonchev–Trinajstić information content (AvgIpc) is 2.86. The van der Waals surface area contributed by atoms with Gasteiger partial charge in [0.2, 0.25) is 5.91 Å². The van der Waals surface area contributed by atoms with Crippen LogP contribution in [0.4, 0.5) is 0 Å². The molecule has 6 nitrogen and oxygen atoms in total. The Bertz CT molecular complexity index is 991. The first-order chi connectivity index (χ1) is 15.5. The second-order valence-corrected chi connectivity index (χ2v) is 8.52. The molecule has 4 rings (SSSR count). The first kappa shape index (κ1) is 22.1. The van der Waals surface area contributed by atoms with Crippen molar-refractivity contribution in [3.05, 3.63) is 64.7 Å². The molecule has 0 saturated carbocycles. The number of hydrogen-bond donors (Lipinski definition) is 0. The van der Waals surface area contributed by atoms with Crippen molar-refractivity contribution < 1.29 is 19.1 Å². The van der Waals surface area contributed by atoms with Gasteiger partial charge in [-0.25, -0.2) is 0 Å². The van der Waals surface area contributed by atoms with Crippen LogP contribution in [0.5, 0.6) is 5.75 Å². The molecular weight excluding hydrogens is 404 g/mol. The normalized spacial score (nSPS) is 15.8. The van der Waals surface area contributed by atoms with Crippen molar-refractivity contribution in [3.8, 4) is 5.75 Å². The Morgan fingerprint density at radius 3 is 2.09 bits per heavy atom. The van der Waals surface area contributed by atoms with Gasteiger partial charge in [0.05, 0.1) is 7.11 Å². The molecule has 1 heterocycles. The molecule has 6 heteroatoms. The number of fused-ring (bicyclic) bond motifs is 1. The highest BCUT2D eigenvalue weighted by atomic mass is 16.5. The van der Waals surface area contributed by atoms with Crippen molar-refractivity contribution in [1.82, 2.24) is 9.80 Å². The Balaban J connectivity index is 1.25. The Morgan fingerprint density at radius 1 is 0.781 bits per heavy atom. The minimum Gasteiger partial charge on any atom is -0.497 e. The topological polar surface area (TPSA) is 66.9 Å². The molecule has 2 aromatic rings. The molecule has 2 aliphatic rings. The van der Waals surface area contributed by atoms with Crippen LogP contribution in [0.2, 0.25) is 0 Å². The fourth-order valence-corrected chi connectivity index (χ4v) is 4.50. The smallest absolute Gasteiger partial charge is 0.253 e. The zero-order chi connectivity index (χ0) is 22.5. The number of nitrogens with zero attached hydrogens (tertiary/aromatic N) is 2. The summed E-state index contributed by atoms with van der Waals surface area (Å²) in [5.74, 6) is 0.678. The quantitative estimate of drug-likeness (QED) is 0.653. The van der Waals surface area contributed by atoms with Crippen LogP contribution >= 0.6 is 0 Å². The molecule has 1 fully saturated rings. The Labute approximate surface area is 189 Å². The third-order valence-electron chi connectivity index (χ3n) is 6.49. The predicted octanol–water partition coefficient (Wildman–Crippen LogP) is 3.52. The molecule has 0 N–H and O–H groups in total. The number of carbonyl (C=O) groups excluding carboxylic acids is 3.